The predicted molar refractivity (Wildman–Crippen MR) is 84.3 cm³/mol. The van der Waals surface area contributed by atoms with E-state index in [4.69, 9.17) is 4.74 Å². The third-order valence-electron chi connectivity index (χ3n) is 3.57. The lowest BCUT2D eigenvalue weighted by Gasteiger charge is -2.06. The van der Waals surface area contributed by atoms with Crippen molar-refractivity contribution in [3.8, 4) is 17.0 Å². The van der Waals surface area contributed by atoms with Gasteiger partial charge in [0.2, 0.25) is 0 Å². The number of aromatic nitrogens is 2. The Hall–Kier alpha value is -2.55. The van der Waals surface area contributed by atoms with Crippen LogP contribution in [0.2, 0.25) is 0 Å². The summed E-state index contributed by atoms with van der Waals surface area (Å²) >= 11 is 0. The summed E-state index contributed by atoms with van der Waals surface area (Å²) in [6.07, 6.45) is 0. The van der Waals surface area contributed by atoms with E-state index in [9.17, 15) is 0 Å². The molecule has 0 bridgehead atoms. The van der Waals surface area contributed by atoms with Crippen molar-refractivity contribution in [2.75, 3.05) is 0 Å². The second kappa shape index (κ2) is 5.83. The van der Waals surface area contributed by atoms with Gasteiger partial charge in [-0.1, -0.05) is 36.4 Å². The minimum Gasteiger partial charge on any atom is -0.487 e. The van der Waals surface area contributed by atoms with Gasteiger partial charge in [-0.2, -0.15) is 5.10 Å². The number of nitrogens with zero attached hydrogens (tertiary/aromatic N) is 1. The lowest BCUT2D eigenvalue weighted by atomic mass is 10.1. The van der Waals surface area contributed by atoms with Crippen molar-refractivity contribution in [3.05, 3.63) is 71.4 Å². The van der Waals surface area contributed by atoms with Crippen LogP contribution in [0.15, 0.2) is 54.6 Å². The largest absolute Gasteiger partial charge is 0.487 e. The average Bonchev–Trinajstić information content (AvgIpc) is 2.98. The molecule has 0 atom stereocenters. The molecule has 106 valence electrons. The quantitative estimate of drug-likeness (QED) is 0.773. The van der Waals surface area contributed by atoms with Crippen LogP contribution < -0.4 is 4.74 Å². The highest BCUT2D eigenvalue weighted by Crippen LogP contribution is 2.20. The lowest BCUT2D eigenvalue weighted by molar-refractivity contribution is 0.301. The molecular formula is C18H18N2O. The summed E-state index contributed by atoms with van der Waals surface area (Å²) in [5.41, 5.74) is 5.52. The molecule has 2 aromatic carbocycles. The molecule has 3 aromatic rings. The van der Waals surface area contributed by atoms with E-state index in [0.29, 0.717) is 6.61 Å². The summed E-state index contributed by atoms with van der Waals surface area (Å²) in [6.45, 7) is 4.67. The highest BCUT2D eigenvalue weighted by Gasteiger charge is 2.04. The molecule has 0 aliphatic carbocycles. The van der Waals surface area contributed by atoms with Crippen molar-refractivity contribution in [2.24, 2.45) is 0 Å². The summed E-state index contributed by atoms with van der Waals surface area (Å²) in [7, 11) is 0. The Morgan fingerprint density at radius 2 is 1.76 bits per heavy atom. The Bertz CT molecular complexity index is 732. The molecule has 3 nitrogen and oxygen atoms in total. The molecule has 0 fully saturated rings. The number of hydrogen-bond acceptors (Lipinski definition) is 2. The predicted octanol–water partition coefficient (Wildman–Crippen LogP) is 4.27. The minimum absolute atomic E-state index is 0.488. The molecule has 0 unspecified atom stereocenters. The number of ether oxygens (including phenoxy) is 1. The van der Waals surface area contributed by atoms with Crippen LogP contribution in [-0.2, 0) is 6.61 Å². The number of benzene rings is 2. The van der Waals surface area contributed by atoms with Gasteiger partial charge in [0.05, 0.1) is 11.4 Å². The van der Waals surface area contributed by atoms with Crippen molar-refractivity contribution in [1.82, 2.24) is 10.2 Å². The van der Waals surface area contributed by atoms with E-state index in [2.05, 4.69) is 36.2 Å². The van der Waals surface area contributed by atoms with Crippen LogP contribution in [0, 0.1) is 13.8 Å². The van der Waals surface area contributed by atoms with Gasteiger partial charge < -0.3 is 4.74 Å². The number of aryl methyl sites for hydroxylation is 2. The van der Waals surface area contributed by atoms with Gasteiger partial charge in [-0.3, -0.25) is 5.10 Å². The van der Waals surface area contributed by atoms with Crippen LogP contribution >= 0.6 is 0 Å². The van der Waals surface area contributed by atoms with E-state index < -0.39 is 0 Å². The molecule has 0 aliphatic rings. The molecule has 0 radical (unpaired) electrons. The van der Waals surface area contributed by atoms with Crippen LogP contribution in [0.25, 0.3) is 11.3 Å². The summed E-state index contributed by atoms with van der Waals surface area (Å²) < 4.78 is 5.81. The standard InChI is InChI=1S/C18H18N2O/c1-13-8-9-17(10-14(13)2)21-12-16-11-18(20-19-16)15-6-4-3-5-7-15/h3-11H,12H2,1-2H3,(H,19,20). The molecule has 0 aliphatic heterocycles. The molecule has 3 rings (SSSR count). The molecule has 21 heavy (non-hydrogen) atoms. The third-order valence-corrected chi connectivity index (χ3v) is 3.57. The SMILES string of the molecule is Cc1ccc(OCc2cc(-c3ccccc3)n[nH]2)cc1C. The van der Waals surface area contributed by atoms with Crippen LogP contribution in [0.4, 0.5) is 0 Å². The number of aromatic amines is 1. The summed E-state index contributed by atoms with van der Waals surface area (Å²) in [6, 6.07) is 18.3. The second-order valence-corrected chi connectivity index (χ2v) is 5.18. The molecule has 1 heterocycles. The van der Waals surface area contributed by atoms with Crippen LogP contribution in [0.3, 0.4) is 0 Å². The summed E-state index contributed by atoms with van der Waals surface area (Å²) in [5.74, 6) is 0.883. The molecule has 1 N–H and O–H groups in total. The first-order chi connectivity index (χ1) is 10.2. The normalized spacial score (nSPS) is 10.6. The monoisotopic (exact) mass is 278 g/mol. The van der Waals surface area contributed by atoms with Crippen LogP contribution in [0.1, 0.15) is 16.8 Å². The topological polar surface area (TPSA) is 37.9 Å². The van der Waals surface area contributed by atoms with Crippen molar-refractivity contribution in [2.45, 2.75) is 20.5 Å². The Labute approximate surface area is 124 Å². The van der Waals surface area contributed by atoms with Crippen molar-refractivity contribution in [3.63, 3.8) is 0 Å². The van der Waals surface area contributed by atoms with E-state index in [1.807, 2.05) is 42.5 Å². The zero-order chi connectivity index (χ0) is 14.7. The first-order valence-electron chi connectivity index (χ1n) is 7.02. The van der Waals surface area contributed by atoms with Crippen LogP contribution in [-0.4, -0.2) is 10.2 Å². The van der Waals surface area contributed by atoms with E-state index in [1.54, 1.807) is 0 Å². The minimum atomic E-state index is 0.488. The van der Waals surface area contributed by atoms with Gasteiger partial charge in [-0.05, 0) is 43.2 Å². The Morgan fingerprint density at radius 3 is 2.52 bits per heavy atom. The maximum absolute atomic E-state index is 5.81. The molecule has 0 spiro atoms. The molecule has 0 saturated heterocycles. The molecule has 0 saturated carbocycles. The smallest absolute Gasteiger partial charge is 0.130 e. The first-order valence-corrected chi connectivity index (χ1v) is 7.02. The van der Waals surface area contributed by atoms with Gasteiger partial charge in [-0.15, -0.1) is 0 Å². The first kappa shape index (κ1) is 13.4. The lowest BCUT2D eigenvalue weighted by Crippen LogP contribution is -1.96. The summed E-state index contributed by atoms with van der Waals surface area (Å²) in [4.78, 5) is 0. The Balaban J connectivity index is 1.69. The summed E-state index contributed by atoms with van der Waals surface area (Å²) in [5, 5.41) is 7.35. The third kappa shape index (κ3) is 3.14. The van der Waals surface area contributed by atoms with Gasteiger partial charge in [0.15, 0.2) is 0 Å². The fourth-order valence-electron chi connectivity index (χ4n) is 2.16. The van der Waals surface area contributed by atoms with Gasteiger partial charge >= 0.3 is 0 Å². The Morgan fingerprint density at radius 1 is 0.952 bits per heavy atom. The second-order valence-electron chi connectivity index (χ2n) is 5.18. The van der Waals surface area contributed by atoms with Gasteiger partial charge in [-0.25, -0.2) is 0 Å². The maximum Gasteiger partial charge on any atom is 0.130 e. The zero-order valence-corrected chi connectivity index (χ0v) is 12.3. The number of rotatable bonds is 4. The van der Waals surface area contributed by atoms with E-state index in [0.717, 1.165) is 22.7 Å². The Kier molecular flexibility index (Phi) is 3.73. The fourth-order valence-corrected chi connectivity index (χ4v) is 2.16. The molecule has 1 aromatic heterocycles. The van der Waals surface area contributed by atoms with Crippen molar-refractivity contribution in [1.29, 1.82) is 0 Å². The van der Waals surface area contributed by atoms with E-state index >= 15 is 0 Å². The number of H-pyrrole nitrogens is 1. The van der Waals surface area contributed by atoms with Crippen molar-refractivity contribution >= 4 is 0 Å². The molecule has 3 heteroatoms. The van der Waals surface area contributed by atoms with Gasteiger partial charge in [0.25, 0.3) is 0 Å². The van der Waals surface area contributed by atoms with Gasteiger partial charge in [0.1, 0.15) is 12.4 Å². The van der Waals surface area contributed by atoms with E-state index in [1.165, 1.54) is 11.1 Å². The maximum atomic E-state index is 5.81. The average molecular weight is 278 g/mol. The van der Waals surface area contributed by atoms with Crippen molar-refractivity contribution < 1.29 is 4.74 Å². The zero-order valence-electron chi connectivity index (χ0n) is 12.3. The molecular weight excluding hydrogens is 260 g/mol. The highest BCUT2D eigenvalue weighted by molar-refractivity contribution is 5.58. The van der Waals surface area contributed by atoms with Crippen LogP contribution in [0.5, 0.6) is 5.75 Å². The fraction of sp³-hybridized carbons (Fsp3) is 0.167. The van der Waals surface area contributed by atoms with E-state index in [-0.39, 0.29) is 0 Å². The van der Waals surface area contributed by atoms with Gasteiger partial charge in [0, 0.05) is 5.56 Å². The number of nitrogens with one attached hydrogen (secondary N) is 1. The highest BCUT2D eigenvalue weighted by atomic mass is 16.5. The molecule has 0 amide bonds. The number of hydrogen-bond donors (Lipinski definition) is 1.